The van der Waals surface area contributed by atoms with Gasteiger partial charge in [-0.05, 0) is 75.1 Å². The van der Waals surface area contributed by atoms with Gasteiger partial charge in [0.2, 0.25) is 0 Å². The Hall–Kier alpha value is -1.51. The average molecular weight is 316 g/mol. The van der Waals surface area contributed by atoms with Gasteiger partial charge in [0.05, 0.1) is 0 Å². The minimum absolute atomic E-state index is 0.576. The maximum absolute atomic E-state index is 6.20. The van der Waals surface area contributed by atoms with E-state index in [1.54, 1.807) is 0 Å². The maximum Gasteiger partial charge on any atom is 0.131 e. The highest BCUT2D eigenvalue weighted by Crippen LogP contribution is 2.37. The number of halogens is 1. The van der Waals surface area contributed by atoms with Crippen LogP contribution in [0.5, 0.6) is 11.5 Å². The number of rotatable bonds is 3. The summed E-state index contributed by atoms with van der Waals surface area (Å²) in [5.41, 5.74) is 2.41. The van der Waals surface area contributed by atoms with Gasteiger partial charge in [0.15, 0.2) is 0 Å². The molecule has 0 radical (unpaired) electrons. The lowest BCUT2D eigenvalue weighted by molar-refractivity contribution is 0.253. The van der Waals surface area contributed by atoms with Crippen LogP contribution >= 0.6 is 11.6 Å². The number of aryl methyl sites for hydroxylation is 1. The van der Waals surface area contributed by atoms with Gasteiger partial charge in [-0.3, -0.25) is 0 Å². The summed E-state index contributed by atoms with van der Waals surface area (Å²) in [7, 11) is 2.19. The molecule has 116 valence electrons. The van der Waals surface area contributed by atoms with E-state index in [1.165, 1.54) is 18.4 Å². The van der Waals surface area contributed by atoms with Crippen LogP contribution in [0.4, 0.5) is 0 Å². The van der Waals surface area contributed by atoms with E-state index in [4.69, 9.17) is 16.3 Å². The van der Waals surface area contributed by atoms with Crippen molar-refractivity contribution in [1.29, 1.82) is 0 Å². The SMILES string of the molecule is Cc1ccc(Cl)cc1Oc1ccccc1C1CCN(C)CC1. The summed E-state index contributed by atoms with van der Waals surface area (Å²) in [5, 5.41) is 0.706. The van der Waals surface area contributed by atoms with Gasteiger partial charge in [-0.2, -0.15) is 0 Å². The summed E-state index contributed by atoms with van der Waals surface area (Å²) in [6.45, 7) is 4.34. The van der Waals surface area contributed by atoms with Crippen molar-refractivity contribution in [2.75, 3.05) is 20.1 Å². The molecule has 0 bridgehead atoms. The van der Waals surface area contributed by atoms with E-state index in [9.17, 15) is 0 Å². The second-order valence-corrected chi connectivity index (χ2v) is 6.56. The first kappa shape index (κ1) is 15.4. The highest BCUT2D eigenvalue weighted by molar-refractivity contribution is 6.30. The Morgan fingerprint density at radius 2 is 1.77 bits per heavy atom. The lowest BCUT2D eigenvalue weighted by atomic mass is 9.89. The van der Waals surface area contributed by atoms with Crippen LogP contribution < -0.4 is 4.74 Å². The van der Waals surface area contributed by atoms with Gasteiger partial charge >= 0.3 is 0 Å². The number of piperidine rings is 1. The molecule has 0 aliphatic carbocycles. The zero-order valence-electron chi connectivity index (χ0n) is 13.2. The second kappa shape index (κ2) is 6.72. The number of ether oxygens (including phenoxy) is 1. The van der Waals surface area contributed by atoms with Gasteiger partial charge in [0.25, 0.3) is 0 Å². The number of benzene rings is 2. The lowest BCUT2D eigenvalue weighted by Gasteiger charge is -2.30. The summed E-state index contributed by atoms with van der Waals surface area (Å²) >= 11 is 6.10. The van der Waals surface area contributed by atoms with E-state index in [0.717, 1.165) is 30.2 Å². The Balaban J connectivity index is 1.86. The predicted octanol–water partition coefficient (Wildman–Crippen LogP) is 5.25. The molecule has 1 aliphatic heterocycles. The van der Waals surface area contributed by atoms with E-state index >= 15 is 0 Å². The minimum atomic E-state index is 0.576. The molecule has 0 unspecified atom stereocenters. The first-order valence-corrected chi connectivity index (χ1v) is 8.23. The van der Waals surface area contributed by atoms with E-state index in [1.807, 2.05) is 31.2 Å². The quantitative estimate of drug-likeness (QED) is 0.767. The fourth-order valence-corrected chi connectivity index (χ4v) is 3.19. The highest BCUT2D eigenvalue weighted by atomic mass is 35.5. The fourth-order valence-electron chi connectivity index (χ4n) is 3.03. The summed E-state index contributed by atoms with van der Waals surface area (Å²) < 4.78 is 6.20. The van der Waals surface area contributed by atoms with Crippen LogP contribution in [0, 0.1) is 6.92 Å². The number of nitrogens with zero attached hydrogens (tertiary/aromatic N) is 1. The molecular formula is C19H22ClNO. The van der Waals surface area contributed by atoms with Crippen molar-refractivity contribution in [3.05, 3.63) is 58.6 Å². The number of hydrogen-bond donors (Lipinski definition) is 0. The molecule has 2 nitrogen and oxygen atoms in total. The molecule has 3 heteroatoms. The first-order chi connectivity index (χ1) is 10.6. The third kappa shape index (κ3) is 3.45. The van der Waals surface area contributed by atoms with Gasteiger partial charge in [-0.15, -0.1) is 0 Å². The van der Waals surface area contributed by atoms with Crippen LogP contribution in [-0.2, 0) is 0 Å². The van der Waals surface area contributed by atoms with Crippen LogP contribution in [0.3, 0.4) is 0 Å². The average Bonchev–Trinajstić information content (AvgIpc) is 2.52. The van der Waals surface area contributed by atoms with E-state index < -0.39 is 0 Å². The molecule has 1 saturated heterocycles. The van der Waals surface area contributed by atoms with Crippen LogP contribution in [0.25, 0.3) is 0 Å². The molecule has 1 aliphatic rings. The van der Waals surface area contributed by atoms with Gasteiger partial charge in [-0.25, -0.2) is 0 Å². The van der Waals surface area contributed by atoms with Gasteiger partial charge in [-0.1, -0.05) is 35.9 Å². The summed E-state index contributed by atoms with van der Waals surface area (Å²) in [4.78, 5) is 2.39. The Morgan fingerprint density at radius 1 is 1.05 bits per heavy atom. The third-order valence-electron chi connectivity index (χ3n) is 4.45. The van der Waals surface area contributed by atoms with Crippen molar-refractivity contribution in [2.45, 2.75) is 25.7 Å². The van der Waals surface area contributed by atoms with Crippen LogP contribution in [0.1, 0.15) is 29.9 Å². The van der Waals surface area contributed by atoms with Crippen molar-refractivity contribution in [3.8, 4) is 11.5 Å². The molecule has 3 rings (SSSR count). The minimum Gasteiger partial charge on any atom is -0.457 e. The lowest BCUT2D eigenvalue weighted by Crippen LogP contribution is -2.29. The van der Waals surface area contributed by atoms with E-state index in [0.29, 0.717) is 10.9 Å². The third-order valence-corrected chi connectivity index (χ3v) is 4.68. The summed E-state index contributed by atoms with van der Waals surface area (Å²) in [6.07, 6.45) is 2.37. The molecule has 0 saturated carbocycles. The first-order valence-electron chi connectivity index (χ1n) is 7.85. The Kier molecular flexibility index (Phi) is 4.70. The zero-order chi connectivity index (χ0) is 15.5. The van der Waals surface area contributed by atoms with Crippen molar-refractivity contribution in [2.24, 2.45) is 0 Å². The normalized spacial score (nSPS) is 16.7. The second-order valence-electron chi connectivity index (χ2n) is 6.13. The number of para-hydroxylation sites is 1. The Morgan fingerprint density at radius 3 is 2.55 bits per heavy atom. The molecule has 0 aromatic heterocycles. The molecular weight excluding hydrogens is 294 g/mol. The Labute approximate surface area is 137 Å². The molecule has 0 amide bonds. The molecule has 1 fully saturated rings. The predicted molar refractivity (Wildman–Crippen MR) is 92.2 cm³/mol. The summed E-state index contributed by atoms with van der Waals surface area (Å²) in [5.74, 6) is 2.38. The maximum atomic E-state index is 6.20. The van der Waals surface area contributed by atoms with Crippen LogP contribution in [0.15, 0.2) is 42.5 Å². The van der Waals surface area contributed by atoms with Crippen LogP contribution in [-0.4, -0.2) is 25.0 Å². The van der Waals surface area contributed by atoms with Crippen molar-refractivity contribution >= 4 is 11.6 Å². The molecule has 2 aromatic rings. The Bertz CT molecular complexity index is 648. The molecule has 2 aromatic carbocycles. The standard InChI is InChI=1S/C19H22ClNO/c1-14-7-8-16(20)13-19(14)22-18-6-4-3-5-17(18)15-9-11-21(2)12-10-15/h3-8,13,15H,9-12H2,1-2H3. The van der Waals surface area contributed by atoms with E-state index in [2.05, 4.69) is 30.1 Å². The van der Waals surface area contributed by atoms with Gasteiger partial charge < -0.3 is 9.64 Å². The van der Waals surface area contributed by atoms with Crippen LogP contribution in [0.2, 0.25) is 5.02 Å². The summed E-state index contributed by atoms with van der Waals surface area (Å²) in [6, 6.07) is 14.2. The van der Waals surface area contributed by atoms with Gasteiger partial charge in [0, 0.05) is 5.02 Å². The van der Waals surface area contributed by atoms with Crippen molar-refractivity contribution in [3.63, 3.8) is 0 Å². The smallest absolute Gasteiger partial charge is 0.131 e. The fraction of sp³-hybridized carbons (Fsp3) is 0.368. The monoisotopic (exact) mass is 315 g/mol. The van der Waals surface area contributed by atoms with Gasteiger partial charge in [0.1, 0.15) is 11.5 Å². The largest absolute Gasteiger partial charge is 0.457 e. The molecule has 0 atom stereocenters. The topological polar surface area (TPSA) is 12.5 Å². The number of likely N-dealkylation sites (tertiary alicyclic amines) is 1. The van der Waals surface area contributed by atoms with Crippen molar-refractivity contribution in [1.82, 2.24) is 4.90 Å². The molecule has 0 N–H and O–H groups in total. The zero-order valence-corrected chi connectivity index (χ0v) is 13.9. The van der Waals surface area contributed by atoms with Crippen molar-refractivity contribution < 1.29 is 4.74 Å². The molecule has 0 spiro atoms. The highest BCUT2D eigenvalue weighted by Gasteiger charge is 2.21. The van der Waals surface area contributed by atoms with E-state index in [-0.39, 0.29) is 0 Å². The molecule has 1 heterocycles. The molecule has 22 heavy (non-hydrogen) atoms. The number of hydrogen-bond acceptors (Lipinski definition) is 2.